The van der Waals surface area contributed by atoms with Crippen LogP contribution in [-0.2, 0) is 24.1 Å². The molecule has 1 atom stereocenters. The SMILES string of the molecule is CS(=O)(=O)OC1CCOOC1. The molecule has 0 saturated carbocycles. The first-order valence-corrected chi connectivity index (χ1v) is 5.02. The number of hydrogen-bond acceptors (Lipinski definition) is 5. The van der Waals surface area contributed by atoms with Crippen molar-refractivity contribution in [1.82, 2.24) is 0 Å². The van der Waals surface area contributed by atoms with Gasteiger partial charge in [0.05, 0.1) is 12.9 Å². The highest BCUT2D eigenvalue weighted by atomic mass is 32.2. The van der Waals surface area contributed by atoms with Crippen molar-refractivity contribution in [2.24, 2.45) is 0 Å². The van der Waals surface area contributed by atoms with E-state index in [4.69, 9.17) is 0 Å². The Hall–Kier alpha value is -0.170. The summed E-state index contributed by atoms with van der Waals surface area (Å²) in [5, 5.41) is 0. The fraction of sp³-hybridized carbons (Fsp3) is 1.00. The van der Waals surface area contributed by atoms with E-state index in [1.807, 2.05) is 0 Å². The third-order valence-electron chi connectivity index (χ3n) is 1.17. The van der Waals surface area contributed by atoms with Gasteiger partial charge in [-0.05, 0) is 0 Å². The summed E-state index contributed by atoms with van der Waals surface area (Å²) in [7, 11) is -3.36. The molecule has 0 amide bonds. The summed E-state index contributed by atoms with van der Waals surface area (Å²) in [4.78, 5) is 9.08. The lowest BCUT2D eigenvalue weighted by Crippen LogP contribution is -2.28. The van der Waals surface area contributed by atoms with Crippen molar-refractivity contribution in [3.8, 4) is 0 Å². The molecule has 1 aliphatic heterocycles. The highest BCUT2D eigenvalue weighted by Gasteiger charge is 2.19. The zero-order valence-corrected chi connectivity index (χ0v) is 6.96. The van der Waals surface area contributed by atoms with Crippen LogP contribution in [0.4, 0.5) is 0 Å². The predicted molar refractivity (Wildman–Crippen MR) is 36.2 cm³/mol. The summed E-state index contributed by atoms with van der Waals surface area (Å²) in [5.41, 5.74) is 0. The largest absolute Gasteiger partial charge is 0.264 e. The molecule has 1 fully saturated rings. The predicted octanol–water partition coefficient (Wildman–Crippen LogP) is -0.317. The van der Waals surface area contributed by atoms with Gasteiger partial charge >= 0.3 is 0 Å². The Morgan fingerprint density at radius 2 is 2.18 bits per heavy atom. The van der Waals surface area contributed by atoms with E-state index in [2.05, 4.69) is 14.0 Å². The van der Waals surface area contributed by atoms with Crippen LogP contribution in [0.5, 0.6) is 0 Å². The third-order valence-corrected chi connectivity index (χ3v) is 1.79. The number of rotatable bonds is 2. The van der Waals surface area contributed by atoms with Crippen LogP contribution in [-0.4, -0.2) is 34.0 Å². The van der Waals surface area contributed by atoms with E-state index in [0.29, 0.717) is 13.0 Å². The Morgan fingerprint density at radius 3 is 2.64 bits per heavy atom. The van der Waals surface area contributed by atoms with Gasteiger partial charge in [-0.2, -0.15) is 8.42 Å². The third kappa shape index (κ3) is 3.66. The van der Waals surface area contributed by atoms with Gasteiger partial charge in [-0.15, -0.1) is 0 Å². The summed E-state index contributed by atoms with van der Waals surface area (Å²) < 4.78 is 25.8. The van der Waals surface area contributed by atoms with Crippen molar-refractivity contribution in [2.45, 2.75) is 12.5 Å². The van der Waals surface area contributed by atoms with Gasteiger partial charge in [-0.1, -0.05) is 0 Å². The van der Waals surface area contributed by atoms with Gasteiger partial charge in [0, 0.05) is 6.42 Å². The molecule has 0 spiro atoms. The van der Waals surface area contributed by atoms with Crippen LogP contribution in [0.2, 0.25) is 0 Å². The zero-order chi connectivity index (χ0) is 8.32. The molecule has 1 aliphatic rings. The maximum Gasteiger partial charge on any atom is 0.264 e. The molecule has 0 aromatic carbocycles. The van der Waals surface area contributed by atoms with E-state index < -0.39 is 16.2 Å². The van der Waals surface area contributed by atoms with Gasteiger partial charge in [0.25, 0.3) is 10.1 Å². The second kappa shape index (κ2) is 3.48. The molecule has 1 heterocycles. The Balaban J connectivity index is 2.36. The molecule has 6 heteroatoms. The quantitative estimate of drug-likeness (QED) is 0.432. The van der Waals surface area contributed by atoms with Crippen LogP contribution >= 0.6 is 0 Å². The maximum absolute atomic E-state index is 10.6. The molecule has 0 aromatic heterocycles. The molecule has 11 heavy (non-hydrogen) atoms. The molecular weight excluding hydrogens is 172 g/mol. The first-order chi connectivity index (χ1) is 5.08. The smallest absolute Gasteiger partial charge is 0.264 e. The average Bonchev–Trinajstić information content (AvgIpc) is 1.85. The topological polar surface area (TPSA) is 61.8 Å². The van der Waals surface area contributed by atoms with E-state index in [0.717, 1.165) is 6.26 Å². The van der Waals surface area contributed by atoms with Crippen molar-refractivity contribution in [1.29, 1.82) is 0 Å². The van der Waals surface area contributed by atoms with Gasteiger partial charge in [0.2, 0.25) is 0 Å². The van der Waals surface area contributed by atoms with Gasteiger partial charge < -0.3 is 0 Å². The Labute approximate surface area is 65.3 Å². The van der Waals surface area contributed by atoms with Crippen molar-refractivity contribution in [3.63, 3.8) is 0 Å². The van der Waals surface area contributed by atoms with E-state index in [1.165, 1.54) is 0 Å². The molecular formula is C5H10O5S. The summed E-state index contributed by atoms with van der Waals surface area (Å²) >= 11 is 0. The highest BCUT2D eigenvalue weighted by molar-refractivity contribution is 7.86. The normalized spacial score (nSPS) is 26.8. The summed E-state index contributed by atoms with van der Waals surface area (Å²) in [6.45, 7) is 0.549. The molecule has 0 aliphatic carbocycles. The van der Waals surface area contributed by atoms with Crippen molar-refractivity contribution < 1.29 is 22.4 Å². The van der Waals surface area contributed by atoms with Crippen molar-refractivity contribution in [3.05, 3.63) is 0 Å². The maximum atomic E-state index is 10.6. The number of hydrogen-bond donors (Lipinski definition) is 0. The fourth-order valence-corrected chi connectivity index (χ4v) is 1.42. The van der Waals surface area contributed by atoms with E-state index in [9.17, 15) is 8.42 Å². The van der Waals surface area contributed by atoms with Crippen molar-refractivity contribution >= 4 is 10.1 Å². The molecule has 0 radical (unpaired) electrons. The second-order valence-electron chi connectivity index (χ2n) is 2.32. The summed E-state index contributed by atoms with van der Waals surface area (Å²) in [6, 6.07) is 0. The fourth-order valence-electron chi connectivity index (χ4n) is 0.769. The first kappa shape index (κ1) is 8.92. The average molecular weight is 182 g/mol. The first-order valence-electron chi connectivity index (χ1n) is 3.20. The molecule has 1 saturated heterocycles. The molecule has 0 aromatic rings. The minimum atomic E-state index is -3.36. The molecule has 66 valence electrons. The molecule has 0 N–H and O–H groups in total. The van der Waals surface area contributed by atoms with Crippen LogP contribution in [0, 0.1) is 0 Å². The Morgan fingerprint density at radius 1 is 1.45 bits per heavy atom. The standard InChI is InChI=1S/C5H10O5S/c1-11(6,7)10-5-2-3-8-9-4-5/h5H,2-4H2,1H3. The van der Waals surface area contributed by atoms with E-state index in [-0.39, 0.29) is 6.61 Å². The van der Waals surface area contributed by atoms with Crippen LogP contribution in [0.1, 0.15) is 6.42 Å². The Bertz CT molecular complexity index is 203. The minimum absolute atomic E-state index is 0.174. The van der Waals surface area contributed by atoms with Crippen LogP contribution in [0.25, 0.3) is 0 Å². The van der Waals surface area contributed by atoms with Gasteiger partial charge in [0.15, 0.2) is 0 Å². The monoisotopic (exact) mass is 182 g/mol. The lowest BCUT2D eigenvalue weighted by molar-refractivity contribution is -0.327. The lowest BCUT2D eigenvalue weighted by Gasteiger charge is -2.19. The highest BCUT2D eigenvalue weighted by Crippen LogP contribution is 2.08. The Kier molecular flexibility index (Phi) is 2.83. The summed E-state index contributed by atoms with van der Waals surface area (Å²) in [5.74, 6) is 0. The van der Waals surface area contributed by atoms with Gasteiger partial charge in [-0.3, -0.25) is 4.18 Å². The zero-order valence-electron chi connectivity index (χ0n) is 6.15. The second-order valence-corrected chi connectivity index (χ2v) is 3.92. The molecule has 5 nitrogen and oxygen atoms in total. The lowest BCUT2D eigenvalue weighted by atomic mass is 10.3. The van der Waals surface area contributed by atoms with Gasteiger partial charge in [0.1, 0.15) is 12.7 Å². The molecule has 1 unspecified atom stereocenters. The minimum Gasteiger partial charge on any atom is -0.264 e. The molecule has 1 rings (SSSR count). The van der Waals surface area contributed by atoms with Crippen LogP contribution in [0.15, 0.2) is 0 Å². The van der Waals surface area contributed by atoms with Crippen molar-refractivity contribution in [2.75, 3.05) is 19.5 Å². The van der Waals surface area contributed by atoms with Crippen LogP contribution in [0.3, 0.4) is 0 Å². The summed E-state index contributed by atoms with van der Waals surface area (Å²) in [6.07, 6.45) is 1.17. The van der Waals surface area contributed by atoms with E-state index >= 15 is 0 Å². The van der Waals surface area contributed by atoms with Crippen LogP contribution < -0.4 is 0 Å². The molecule has 0 bridgehead atoms. The van der Waals surface area contributed by atoms with E-state index in [1.54, 1.807) is 0 Å². The van der Waals surface area contributed by atoms with Gasteiger partial charge in [-0.25, -0.2) is 9.78 Å².